The first-order valence-corrected chi connectivity index (χ1v) is 11.8. The van der Waals surface area contributed by atoms with Gasteiger partial charge in [0, 0.05) is 15.6 Å². The Morgan fingerprint density at radius 3 is 2.14 bits per heavy atom. The summed E-state index contributed by atoms with van der Waals surface area (Å²) in [6.07, 6.45) is 0. The fourth-order valence-corrected chi connectivity index (χ4v) is 4.00. The lowest BCUT2D eigenvalue weighted by Crippen LogP contribution is -2.21. The molecule has 0 bridgehead atoms. The van der Waals surface area contributed by atoms with Crippen LogP contribution in [0, 0.1) is 11.3 Å². The zero-order valence-electron chi connectivity index (χ0n) is 19.9. The molecule has 0 saturated carbocycles. The molecule has 0 aliphatic carbocycles. The number of amides is 1. The van der Waals surface area contributed by atoms with Crippen LogP contribution in [-0.4, -0.2) is 32.7 Å². The number of hydrogen-bond acceptors (Lipinski definition) is 7. The van der Waals surface area contributed by atoms with E-state index < -0.39 is 18.5 Å². The van der Waals surface area contributed by atoms with Gasteiger partial charge < -0.3 is 18.6 Å². The van der Waals surface area contributed by atoms with E-state index in [1.807, 2.05) is 0 Å². The Bertz CT molecular complexity index is 1470. The van der Waals surface area contributed by atoms with Crippen LogP contribution in [0.2, 0.25) is 0 Å². The molecule has 1 heterocycles. The second-order valence-electron chi connectivity index (χ2n) is 7.71. The molecule has 3 aromatic carbocycles. The maximum Gasteiger partial charge on any atom is 0.338 e. The van der Waals surface area contributed by atoms with E-state index in [4.69, 9.17) is 18.6 Å². The van der Waals surface area contributed by atoms with Gasteiger partial charge in [-0.25, -0.2) is 4.79 Å². The lowest BCUT2D eigenvalue weighted by Gasteiger charge is -2.06. The highest BCUT2D eigenvalue weighted by Gasteiger charge is 2.25. The zero-order chi connectivity index (χ0) is 26.4. The molecule has 0 spiro atoms. The van der Waals surface area contributed by atoms with Crippen LogP contribution in [0.1, 0.15) is 15.9 Å². The molecule has 0 aliphatic heterocycles. The summed E-state index contributed by atoms with van der Waals surface area (Å²) < 4.78 is 22.3. The van der Waals surface area contributed by atoms with Crippen LogP contribution >= 0.6 is 15.9 Å². The smallest absolute Gasteiger partial charge is 0.338 e. The summed E-state index contributed by atoms with van der Waals surface area (Å²) in [6.45, 7) is -0.563. The minimum Gasteiger partial charge on any atom is -0.497 e. The molecule has 0 unspecified atom stereocenters. The van der Waals surface area contributed by atoms with E-state index in [1.54, 1.807) is 87.0 Å². The molecule has 0 saturated heterocycles. The van der Waals surface area contributed by atoms with Gasteiger partial charge in [0.15, 0.2) is 6.61 Å². The topological polar surface area (TPSA) is 111 Å². The molecule has 0 atom stereocenters. The van der Waals surface area contributed by atoms with E-state index in [0.29, 0.717) is 44.0 Å². The van der Waals surface area contributed by atoms with Gasteiger partial charge in [0.1, 0.15) is 28.9 Å². The Hall–Kier alpha value is -4.55. The SMILES string of the molecule is COc1ccc(-c2oc(NC(=O)COC(=O)c3cccc(Br)c3)c(C#N)c2-c2ccc(OC)cc2)cc1. The van der Waals surface area contributed by atoms with E-state index >= 15 is 0 Å². The second kappa shape index (κ2) is 11.5. The van der Waals surface area contributed by atoms with Crippen LogP contribution in [0.15, 0.2) is 81.7 Å². The van der Waals surface area contributed by atoms with Gasteiger partial charge >= 0.3 is 5.97 Å². The number of methoxy groups -OCH3 is 2. The number of benzene rings is 3. The maximum absolute atomic E-state index is 12.6. The first kappa shape index (κ1) is 25.5. The normalized spacial score (nSPS) is 10.3. The summed E-state index contributed by atoms with van der Waals surface area (Å²) >= 11 is 3.29. The molecular formula is C28H21BrN2O6. The van der Waals surface area contributed by atoms with Crippen LogP contribution in [0.25, 0.3) is 22.5 Å². The van der Waals surface area contributed by atoms with Crippen molar-refractivity contribution in [2.75, 3.05) is 26.1 Å². The highest BCUT2D eigenvalue weighted by Crippen LogP contribution is 2.42. The van der Waals surface area contributed by atoms with Crippen molar-refractivity contribution < 1.29 is 28.2 Å². The molecule has 0 radical (unpaired) electrons. The number of carbonyl (C=O) groups excluding carboxylic acids is 2. The monoisotopic (exact) mass is 560 g/mol. The Labute approximate surface area is 221 Å². The van der Waals surface area contributed by atoms with Gasteiger partial charge in [-0.3, -0.25) is 10.1 Å². The van der Waals surface area contributed by atoms with Gasteiger partial charge in [-0.2, -0.15) is 5.26 Å². The molecule has 8 nitrogen and oxygen atoms in total. The number of nitriles is 1. The summed E-state index contributed by atoms with van der Waals surface area (Å²) in [4.78, 5) is 24.9. The zero-order valence-corrected chi connectivity index (χ0v) is 21.5. The van der Waals surface area contributed by atoms with Crippen molar-refractivity contribution >= 4 is 33.7 Å². The molecule has 9 heteroatoms. The Morgan fingerprint density at radius 1 is 0.946 bits per heavy atom. The van der Waals surface area contributed by atoms with Gasteiger partial charge in [-0.15, -0.1) is 0 Å². The number of nitrogens with one attached hydrogen (secondary N) is 1. The molecule has 4 rings (SSSR count). The Morgan fingerprint density at radius 2 is 1.57 bits per heavy atom. The number of halogens is 1. The average Bonchev–Trinajstić information content (AvgIpc) is 3.29. The number of nitrogens with zero attached hydrogens (tertiary/aromatic N) is 1. The quantitative estimate of drug-likeness (QED) is 0.261. The predicted molar refractivity (Wildman–Crippen MR) is 140 cm³/mol. The molecule has 186 valence electrons. The van der Waals surface area contributed by atoms with Crippen LogP contribution < -0.4 is 14.8 Å². The number of esters is 1. The first-order valence-electron chi connectivity index (χ1n) is 11.0. The van der Waals surface area contributed by atoms with Crippen molar-refractivity contribution in [1.29, 1.82) is 5.26 Å². The summed E-state index contributed by atoms with van der Waals surface area (Å²) in [6, 6.07) is 23.0. The summed E-state index contributed by atoms with van der Waals surface area (Å²) in [5.41, 5.74) is 2.28. The molecule has 0 aliphatic rings. The van der Waals surface area contributed by atoms with Crippen molar-refractivity contribution in [2.24, 2.45) is 0 Å². The van der Waals surface area contributed by atoms with Crippen LogP contribution in [0.4, 0.5) is 5.88 Å². The third-order valence-corrected chi connectivity index (χ3v) is 5.89. The van der Waals surface area contributed by atoms with Gasteiger partial charge in [-0.05, 0) is 60.2 Å². The third-order valence-electron chi connectivity index (χ3n) is 5.40. The van der Waals surface area contributed by atoms with Crippen molar-refractivity contribution in [3.8, 4) is 40.0 Å². The van der Waals surface area contributed by atoms with Crippen molar-refractivity contribution in [2.45, 2.75) is 0 Å². The Balaban J connectivity index is 1.64. The molecule has 37 heavy (non-hydrogen) atoms. The summed E-state index contributed by atoms with van der Waals surface area (Å²) in [5.74, 6) is 0.319. The van der Waals surface area contributed by atoms with Crippen molar-refractivity contribution in [1.82, 2.24) is 0 Å². The van der Waals surface area contributed by atoms with Gasteiger partial charge in [-0.1, -0.05) is 34.1 Å². The number of carbonyl (C=O) groups is 2. The average molecular weight is 561 g/mol. The van der Waals surface area contributed by atoms with Gasteiger partial charge in [0.2, 0.25) is 5.88 Å². The van der Waals surface area contributed by atoms with E-state index in [1.165, 1.54) is 0 Å². The van der Waals surface area contributed by atoms with Crippen molar-refractivity contribution in [3.05, 3.63) is 88.4 Å². The first-order chi connectivity index (χ1) is 17.9. The van der Waals surface area contributed by atoms with Crippen LogP contribution in [-0.2, 0) is 9.53 Å². The highest BCUT2D eigenvalue weighted by atomic mass is 79.9. The third kappa shape index (κ3) is 5.82. The van der Waals surface area contributed by atoms with Crippen molar-refractivity contribution in [3.63, 3.8) is 0 Å². The number of anilines is 1. The van der Waals surface area contributed by atoms with Crippen LogP contribution in [0.5, 0.6) is 11.5 Å². The maximum atomic E-state index is 12.6. The number of ether oxygens (including phenoxy) is 3. The van der Waals surface area contributed by atoms with E-state index in [-0.39, 0.29) is 11.4 Å². The lowest BCUT2D eigenvalue weighted by molar-refractivity contribution is -0.119. The number of rotatable bonds is 8. The molecule has 0 fully saturated rings. The fraction of sp³-hybridized carbons (Fsp3) is 0.107. The summed E-state index contributed by atoms with van der Waals surface area (Å²) in [7, 11) is 3.13. The lowest BCUT2D eigenvalue weighted by atomic mass is 9.98. The summed E-state index contributed by atoms with van der Waals surface area (Å²) in [5, 5.41) is 12.6. The van der Waals surface area contributed by atoms with Gasteiger partial charge in [0.25, 0.3) is 5.91 Å². The molecule has 4 aromatic rings. The highest BCUT2D eigenvalue weighted by molar-refractivity contribution is 9.10. The number of hydrogen-bond donors (Lipinski definition) is 1. The molecule has 1 aromatic heterocycles. The van der Waals surface area contributed by atoms with Gasteiger partial charge in [0.05, 0.1) is 19.8 Å². The molecule has 1 N–H and O–H groups in total. The van der Waals surface area contributed by atoms with E-state index in [2.05, 4.69) is 27.3 Å². The molecular weight excluding hydrogens is 540 g/mol. The predicted octanol–water partition coefficient (Wildman–Crippen LogP) is 6.06. The van der Waals surface area contributed by atoms with E-state index in [9.17, 15) is 14.9 Å². The fourth-order valence-electron chi connectivity index (χ4n) is 3.60. The largest absolute Gasteiger partial charge is 0.497 e. The Kier molecular flexibility index (Phi) is 7.91. The minimum absolute atomic E-state index is 0.0531. The van der Waals surface area contributed by atoms with Crippen LogP contribution in [0.3, 0.4) is 0 Å². The minimum atomic E-state index is -0.658. The number of furan rings is 1. The molecule has 1 amide bonds. The standard InChI is InChI=1S/C28H21BrN2O6/c1-34-21-10-6-17(7-11-21)25-23(15-30)27(37-26(25)18-8-12-22(35-2)13-9-18)31-24(32)16-36-28(33)19-4-3-5-20(29)14-19/h3-14H,16H2,1-2H3,(H,31,32). The van der Waals surface area contributed by atoms with E-state index in [0.717, 1.165) is 0 Å². The second-order valence-corrected chi connectivity index (χ2v) is 8.63.